The fourth-order valence-electron chi connectivity index (χ4n) is 3.72. The number of methoxy groups -OCH3 is 1. The van der Waals surface area contributed by atoms with Crippen molar-refractivity contribution in [3.05, 3.63) is 96.3 Å². The molecule has 2 N–H and O–H groups in total. The monoisotopic (exact) mass is 501 g/mol. The van der Waals surface area contributed by atoms with Crippen LogP contribution in [0.1, 0.15) is 5.56 Å². The number of benzene rings is 3. The summed E-state index contributed by atoms with van der Waals surface area (Å²) in [7, 11) is 1.53. The third-order valence-corrected chi connectivity index (χ3v) is 5.69. The summed E-state index contributed by atoms with van der Waals surface area (Å²) >= 11 is 0. The van der Waals surface area contributed by atoms with E-state index in [-0.39, 0.29) is 25.5 Å². The zero-order valence-corrected chi connectivity index (χ0v) is 20.6. The second-order valence-electron chi connectivity index (χ2n) is 8.38. The highest BCUT2D eigenvalue weighted by atomic mass is 19.1. The molecule has 3 aromatic carbocycles. The number of rotatable bonds is 9. The summed E-state index contributed by atoms with van der Waals surface area (Å²) < 4.78 is 20.2. The van der Waals surface area contributed by atoms with Crippen molar-refractivity contribution in [1.29, 1.82) is 0 Å². The second kappa shape index (κ2) is 12.0. The summed E-state index contributed by atoms with van der Waals surface area (Å²) in [5.41, 5.74) is 3.64. The number of nitrogens with one attached hydrogen (secondary N) is 2. The highest BCUT2D eigenvalue weighted by Gasteiger charge is 2.20. The summed E-state index contributed by atoms with van der Waals surface area (Å²) in [6, 6.07) is 24.0. The predicted molar refractivity (Wildman–Crippen MR) is 141 cm³/mol. The maximum absolute atomic E-state index is 13.5. The Labute approximate surface area is 214 Å². The van der Waals surface area contributed by atoms with Crippen LogP contribution in [0.15, 0.2) is 84.9 Å². The van der Waals surface area contributed by atoms with Gasteiger partial charge in [-0.3, -0.25) is 4.79 Å². The molecule has 0 bridgehead atoms. The number of carbonyl (C=O) groups is 2. The van der Waals surface area contributed by atoms with Crippen LogP contribution in [0.4, 0.5) is 20.7 Å². The van der Waals surface area contributed by atoms with E-state index in [9.17, 15) is 14.0 Å². The molecule has 37 heavy (non-hydrogen) atoms. The van der Waals surface area contributed by atoms with Crippen LogP contribution in [0, 0.1) is 12.7 Å². The van der Waals surface area contributed by atoms with Crippen molar-refractivity contribution in [2.75, 3.05) is 37.4 Å². The summed E-state index contributed by atoms with van der Waals surface area (Å²) in [6.07, 6.45) is 0. The lowest BCUT2D eigenvalue weighted by Crippen LogP contribution is -2.42. The fraction of sp³-hybridized carbons (Fsp3) is 0.179. The second-order valence-corrected chi connectivity index (χ2v) is 8.38. The first-order chi connectivity index (χ1) is 17.9. The van der Waals surface area contributed by atoms with Crippen LogP contribution in [0.3, 0.4) is 0 Å². The third kappa shape index (κ3) is 6.59. The highest BCUT2D eigenvalue weighted by Crippen LogP contribution is 2.25. The molecule has 0 spiro atoms. The standard InChI is InChI=1S/C28H28FN5O3/c1-20-8-6-7-11-24(20)30-28(36)33(16-17-37-2)19-27(35)31-26-18-25(21-9-4-3-5-10-21)32-34(26)23-14-12-22(29)13-15-23/h3-15,18H,16-17,19H2,1-2H3,(H,30,36)(H,31,35). The Hall–Kier alpha value is -4.50. The van der Waals surface area contributed by atoms with Crippen molar-refractivity contribution >= 4 is 23.4 Å². The number of para-hydroxylation sites is 1. The van der Waals surface area contributed by atoms with Gasteiger partial charge in [-0.2, -0.15) is 5.10 Å². The largest absolute Gasteiger partial charge is 0.383 e. The molecule has 8 nitrogen and oxygen atoms in total. The van der Waals surface area contributed by atoms with E-state index < -0.39 is 11.9 Å². The number of anilines is 2. The van der Waals surface area contributed by atoms with Gasteiger partial charge in [0, 0.05) is 31.0 Å². The molecule has 0 aliphatic heterocycles. The van der Waals surface area contributed by atoms with E-state index in [4.69, 9.17) is 4.74 Å². The van der Waals surface area contributed by atoms with E-state index in [2.05, 4.69) is 15.7 Å². The molecule has 0 aliphatic rings. The molecule has 0 unspecified atom stereocenters. The van der Waals surface area contributed by atoms with Crippen molar-refractivity contribution in [2.45, 2.75) is 6.92 Å². The lowest BCUT2D eigenvalue weighted by atomic mass is 10.1. The smallest absolute Gasteiger partial charge is 0.322 e. The molecule has 0 saturated carbocycles. The molecular formula is C28H28FN5O3. The van der Waals surface area contributed by atoms with Gasteiger partial charge in [0.15, 0.2) is 0 Å². The van der Waals surface area contributed by atoms with Crippen LogP contribution in [0.25, 0.3) is 16.9 Å². The number of urea groups is 1. The lowest BCUT2D eigenvalue weighted by Gasteiger charge is -2.23. The number of ether oxygens (including phenoxy) is 1. The minimum absolute atomic E-state index is 0.212. The first kappa shape index (κ1) is 25.6. The van der Waals surface area contributed by atoms with Gasteiger partial charge in [0.05, 0.1) is 18.0 Å². The van der Waals surface area contributed by atoms with Crippen LogP contribution >= 0.6 is 0 Å². The molecule has 190 valence electrons. The van der Waals surface area contributed by atoms with Gasteiger partial charge in [0.1, 0.15) is 18.2 Å². The summed E-state index contributed by atoms with van der Waals surface area (Å²) in [6.45, 7) is 2.16. The first-order valence-corrected chi connectivity index (χ1v) is 11.8. The molecule has 0 fully saturated rings. The molecule has 4 aromatic rings. The number of amides is 3. The Kier molecular flexibility index (Phi) is 8.27. The maximum atomic E-state index is 13.5. The minimum Gasteiger partial charge on any atom is -0.383 e. The molecule has 0 atom stereocenters. The minimum atomic E-state index is -0.418. The molecule has 0 saturated heterocycles. The predicted octanol–water partition coefficient (Wildman–Crippen LogP) is 5.11. The Morgan fingerprint density at radius 1 is 0.973 bits per heavy atom. The van der Waals surface area contributed by atoms with E-state index in [0.717, 1.165) is 11.1 Å². The average Bonchev–Trinajstić information content (AvgIpc) is 3.32. The zero-order chi connectivity index (χ0) is 26.2. The number of halogens is 1. The number of hydrogen-bond acceptors (Lipinski definition) is 4. The highest BCUT2D eigenvalue weighted by molar-refractivity contribution is 5.97. The molecule has 1 aromatic heterocycles. The van der Waals surface area contributed by atoms with E-state index in [1.165, 1.54) is 28.8 Å². The summed E-state index contributed by atoms with van der Waals surface area (Å²) in [4.78, 5) is 27.5. The molecular weight excluding hydrogens is 473 g/mol. The maximum Gasteiger partial charge on any atom is 0.322 e. The normalized spacial score (nSPS) is 10.7. The SMILES string of the molecule is COCCN(CC(=O)Nc1cc(-c2ccccc2)nn1-c1ccc(F)cc1)C(=O)Nc1ccccc1C. The van der Waals surface area contributed by atoms with Gasteiger partial charge < -0.3 is 20.3 Å². The van der Waals surface area contributed by atoms with Gasteiger partial charge in [-0.15, -0.1) is 0 Å². The zero-order valence-electron chi connectivity index (χ0n) is 20.6. The number of nitrogens with zero attached hydrogens (tertiary/aromatic N) is 3. The third-order valence-electron chi connectivity index (χ3n) is 5.69. The average molecular weight is 502 g/mol. The Bertz CT molecular complexity index is 1360. The van der Waals surface area contributed by atoms with Gasteiger partial charge in [-0.25, -0.2) is 13.9 Å². The van der Waals surface area contributed by atoms with Gasteiger partial charge in [0.25, 0.3) is 0 Å². The number of carbonyl (C=O) groups excluding carboxylic acids is 2. The van der Waals surface area contributed by atoms with Crippen LogP contribution in [0.5, 0.6) is 0 Å². The van der Waals surface area contributed by atoms with Crippen LogP contribution in [0.2, 0.25) is 0 Å². The van der Waals surface area contributed by atoms with Crippen molar-refractivity contribution in [2.24, 2.45) is 0 Å². The van der Waals surface area contributed by atoms with Crippen LogP contribution in [-0.2, 0) is 9.53 Å². The molecule has 1 heterocycles. The molecule has 0 aliphatic carbocycles. The number of aromatic nitrogens is 2. The van der Waals surface area contributed by atoms with Crippen molar-refractivity contribution in [1.82, 2.24) is 14.7 Å². The lowest BCUT2D eigenvalue weighted by molar-refractivity contribution is -0.116. The Morgan fingerprint density at radius 3 is 2.38 bits per heavy atom. The fourth-order valence-corrected chi connectivity index (χ4v) is 3.72. The summed E-state index contributed by atoms with van der Waals surface area (Å²) in [5, 5.41) is 10.3. The van der Waals surface area contributed by atoms with E-state index in [1.54, 1.807) is 24.3 Å². The Balaban J connectivity index is 1.56. The quantitative estimate of drug-likeness (QED) is 0.334. The molecule has 9 heteroatoms. The van der Waals surface area contributed by atoms with Crippen LogP contribution in [-0.4, -0.2) is 53.4 Å². The van der Waals surface area contributed by atoms with E-state index in [1.807, 2.05) is 55.5 Å². The van der Waals surface area contributed by atoms with Crippen LogP contribution < -0.4 is 10.6 Å². The van der Waals surface area contributed by atoms with Crippen molar-refractivity contribution in [3.8, 4) is 16.9 Å². The topological polar surface area (TPSA) is 88.5 Å². The van der Waals surface area contributed by atoms with Gasteiger partial charge >= 0.3 is 6.03 Å². The van der Waals surface area contributed by atoms with Crippen molar-refractivity contribution < 1.29 is 18.7 Å². The van der Waals surface area contributed by atoms with Gasteiger partial charge in [0.2, 0.25) is 5.91 Å². The van der Waals surface area contributed by atoms with E-state index in [0.29, 0.717) is 22.9 Å². The number of aryl methyl sites for hydroxylation is 1. The van der Waals surface area contributed by atoms with Gasteiger partial charge in [-0.05, 0) is 42.8 Å². The Morgan fingerprint density at radius 2 is 1.68 bits per heavy atom. The summed E-state index contributed by atoms with van der Waals surface area (Å²) in [5.74, 6) is -0.404. The molecule has 0 radical (unpaired) electrons. The van der Waals surface area contributed by atoms with E-state index >= 15 is 0 Å². The van der Waals surface area contributed by atoms with Crippen molar-refractivity contribution in [3.63, 3.8) is 0 Å². The molecule has 4 rings (SSSR count). The number of hydrogen-bond donors (Lipinski definition) is 2. The first-order valence-electron chi connectivity index (χ1n) is 11.8. The molecule has 3 amide bonds. The van der Waals surface area contributed by atoms with Gasteiger partial charge in [-0.1, -0.05) is 48.5 Å².